The van der Waals surface area contributed by atoms with E-state index in [1.165, 1.54) is 6.07 Å². The second kappa shape index (κ2) is 6.58. The molecule has 0 aliphatic carbocycles. The topological polar surface area (TPSA) is 91.1 Å². The molecular weight excluding hydrogens is 352 g/mol. The maximum atomic E-state index is 12.2. The lowest BCUT2D eigenvalue weighted by Crippen LogP contribution is -2.36. The molecule has 2 aliphatic rings. The van der Waals surface area contributed by atoms with E-state index in [9.17, 15) is 14.9 Å². The van der Waals surface area contributed by atoms with Crippen LogP contribution in [0.25, 0.3) is 0 Å². The number of ether oxygens (including phenoxy) is 3. The van der Waals surface area contributed by atoms with Crippen molar-refractivity contribution in [1.82, 2.24) is 4.90 Å². The summed E-state index contributed by atoms with van der Waals surface area (Å²) < 4.78 is 17.1. The number of carbonyl (C=O) groups is 1. The van der Waals surface area contributed by atoms with Crippen LogP contribution in [0.1, 0.15) is 46.6 Å². The minimum Gasteiger partial charge on any atom is -0.487 e. The Morgan fingerprint density at radius 3 is 2.70 bits per heavy atom. The maximum Gasteiger partial charge on any atom is 0.410 e. The summed E-state index contributed by atoms with van der Waals surface area (Å²) in [5, 5.41) is 11.5. The first-order valence-electron chi connectivity index (χ1n) is 9.08. The summed E-state index contributed by atoms with van der Waals surface area (Å²) in [5.74, 6) is 0.787. The Labute approximate surface area is 158 Å². The number of fused-ring (bicyclic) bond motifs is 1. The zero-order valence-electron chi connectivity index (χ0n) is 16.4. The van der Waals surface area contributed by atoms with Crippen LogP contribution < -0.4 is 9.47 Å². The fourth-order valence-corrected chi connectivity index (χ4v) is 3.35. The number of benzene rings is 1. The highest BCUT2D eigenvalue weighted by Gasteiger charge is 2.36. The van der Waals surface area contributed by atoms with Gasteiger partial charge in [-0.1, -0.05) is 0 Å². The van der Waals surface area contributed by atoms with Crippen molar-refractivity contribution >= 4 is 11.8 Å². The average molecular weight is 378 g/mol. The molecule has 1 amide bonds. The number of nitro groups is 1. The van der Waals surface area contributed by atoms with Gasteiger partial charge in [-0.2, -0.15) is 0 Å². The number of hydrogen-bond donors (Lipinski definition) is 0. The molecule has 0 spiro atoms. The van der Waals surface area contributed by atoms with Crippen LogP contribution in [0, 0.1) is 10.1 Å². The highest BCUT2D eigenvalue weighted by Crippen LogP contribution is 2.42. The van der Waals surface area contributed by atoms with E-state index in [1.54, 1.807) is 11.0 Å². The zero-order valence-corrected chi connectivity index (χ0v) is 16.4. The van der Waals surface area contributed by atoms with Gasteiger partial charge in [0.05, 0.1) is 11.5 Å². The van der Waals surface area contributed by atoms with Crippen LogP contribution in [0.4, 0.5) is 10.5 Å². The third-order valence-corrected chi connectivity index (χ3v) is 4.43. The summed E-state index contributed by atoms with van der Waals surface area (Å²) in [6, 6.07) is 3.12. The van der Waals surface area contributed by atoms with Crippen molar-refractivity contribution in [2.45, 2.75) is 64.8 Å². The van der Waals surface area contributed by atoms with Crippen LogP contribution >= 0.6 is 0 Å². The number of likely N-dealkylation sites (tertiary alicyclic amines) is 1. The molecule has 0 aromatic heterocycles. The van der Waals surface area contributed by atoms with Crippen molar-refractivity contribution in [2.24, 2.45) is 0 Å². The maximum absolute atomic E-state index is 12.2. The predicted octanol–water partition coefficient (Wildman–Crippen LogP) is 3.70. The smallest absolute Gasteiger partial charge is 0.410 e. The molecule has 1 saturated heterocycles. The van der Waals surface area contributed by atoms with Gasteiger partial charge >= 0.3 is 11.8 Å². The first-order valence-corrected chi connectivity index (χ1v) is 9.08. The molecule has 0 radical (unpaired) electrons. The minimum absolute atomic E-state index is 0.0780. The Morgan fingerprint density at radius 1 is 1.37 bits per heavy atom. The number of nitro benzene ring substituents is 1. The van der Waals surface area contributed by atoms with Crippen molar-refractivity contribution in [3.63, 3.8) is 0 Å². The van der Waals surface area contributed by atoms with E-state index < -0.39 is 22.2 Å². The lowest BCUT2D eigenvalue weighted by molar-refractivity contribution is -0.386. The molecule has 0 unspecified atom stereocenters. The molecule has 27 heavy (non-hydrogen) atoms. The van der Waals surface area contributed by atoms with Gasteiger partial charge in [-0.15, -0.1) is 0 Å². The Balaban J connectivity index is 1.73. The van der Waals surface area contributed by atoms with Crippen molar-refractivity contribution in [2.75, 3.05) is 13.1 Å². The van der Waals surface area contributed by atoms with Gasteiger partial charge in [-0.25, -0.2) is 4.79 Å². The van der Waals surface area contributed by atoms with E-state index >= 15 is 0 Å². The van der Waals surface area contributed by atoms with E-state index in [2.05, 4.69) is 0 Å². The molecule has 2 aliphatic heterocycles. The fourth-order valence-electron chi connectivity index (χ4n) is 3.35. The highest BCUT2D eigenvalue weighted by molar-refractivity contribution is 5.68. The van der Waals surface area contributed by atoms with Gasteiger partial charge in [0.1, 0.15) is 23.1 Å². The van der Waals surface area contributed by atoms with Gasteiger partial charge in [-0.05, 0) is 34.6 Å². The second-order valence-corrected chi connectivity index (χ2v) is 8.68. The molecule has 8 heteroatoms. The number of hydrogen-bond acceptors (Lipinski definition) is 6. The van der Waals surface area contributed by atoms with Gasteiger partial charge in [0, 0.05) is 37.1 Å². The van der Waals surface area contributed by atoms with Crippen LogP contribution in [-0.2, 0) is 11.2 Å². The Bertz CT molecular complexity index is 768. The molecule has 1 atom stereocenters. The Kier molecular flexibility index (Phi) is 4.69. The van der Waals surface area contributed by atoms with Gasteiger partial charge in [0.2, 0.25) is 5.75 Å². The number of amides is 1. The lowest BCUT2D eigenvalue weighted by Gasteiger charge is -2.24. The molecule has 148 valence electrons. The van der Waals surface area contributed by atoms with Crippen LogP contribution in [0.5, 0.6) is 11.5 Å². The van der Waals surface area contributed by atoms with Crippen molar-refractivity contribution < 1.29 is 23.9 Å². The summed E-state index contributed by atoms with van der Waals surface area (Å²) in [7, 11) is 0. The van der Waals surface area contributed by atoms with Crippen molar-refractivity contribution in [1.29, 1.82) is 0 Å². The van der Waals surface area contributed by atoms with E-state index in [4.69, 9.17) is 14.2 Å². The number of rotatable bonds is 3. The summed E-state index contributed by atoms with van der Waals surface area (Å²) in [6.45, 7) is 10.1. The molecule has 0 N–H and O–H groups in total. The first kappa shape index (κ1) is 19.3. The standard InChI is InChI=1S/C19H26N2O6/c1-18(2,3)27-17(22)20-7-6-13(11-20)25-16-9-15-12(8-14(16)21(23)24)10-19(4,5)26-15/h8-9,13H,6-7,10-11H2,1-5H3/t13-/m1/s1. The summed E-state index contributed by atoms with van der Waals surface area (Å²) in [5.41, 5.74) is -0.235. The molecule has 1 aromatic carbocycles. The minimum atomic E-state index is -0.570. The van der Waals surface area contributed by atoms with Crippen molar-refractivity contribution in [3.8, 4) is 11.5 Å². The molecule has 3 rings (SSSR count). The predicted molar refractivity (Wildman–Crippen MR) is 98.3 cm³/mol. The highest BCUT2D eigenvalue weighted by atomic mass is 16.6. The van der Waals surface area contributed by atoms with E-state index in [1.807, 2.05) is 34.6 Å². The summed E-state index contributed by atoms with van der Waals surface area (Å²) in [4.78, 5) is 24.8. The van der Waals surface area contributed by atoms with Crippen LogP contribution in [0.2, 0.25) is 0 Å². The van der Waals surface area contributed by atoms with Gasteiger partial charge in [0.25, 0.3) is 0 Å². The third-order valence-electron chi connectivity index (χ3n) is 4.43. The molecule has 1 aromatic rings. The average Bonchev–Trinajstić information content (AvgIpc) is 3.07. The summed E-state index contributed by atoms with van der Waals surface area (Å²) >= 11 is 0. The van der Waals surface area contributed by atoms with Crippen LogP contribution in [0.15, 0.2) is 12.1 Å². The fraction of sp³-hybridized carbons (Fsp3) is 0.632. The summed E-state index contributed by atoms with van der Waals surface area (Å²) in [6.07, 6.45) is 0.463. The van der Waals surface area contributed by atoms with Gasteiger partial charge in [-0.3, -0.25) is 10.1 Å². The SMILES string of the molecule is CC(C)(C)OC(=O)N1CC[C@@H](Oc2cc3c(cc2[N+](=O)[O-])CC(C)(C)O3)C1. The first-order chi connectivity index (χ1) is 12.4. The molecule has 0 saturated carbocycles. The van der Waals surface area contributed by atoms with E-state index in [0.29, 0.717) is 31.7 Å². The number of carbonyl (C=O) groups excluding carboxylic acids is 1. The number of nitrogens with zero attached hydrogens (tertiary/aromatic N) is 2. The van der Waals surface area contributed by atoms with Crippen LogP contribution in [0.3, 0.4) is 0 Å². The van der Waals surface area contributed by atoms with Crippen LogP contribution in [-0.4, -0.2) is 46.3 Å². The molecule has 1 fully saturated rings. The molecule has 8 nitrogen and oxygen atoms in total. The van der Waals surface area contributed by atoms with E-state index in [0.717, 1.165) is 5.56 Å². The normalized spacial score (nSPS) is 20.8. The molecule has 0 bridgehead atoms. The quantitative estimate of drug-likeness (QED) is 0.588. The lowest BCUT2D eigenvalue weighted by atomic mass is 10.0. The monoisotopic (exact) mass is 378 g/mol. The van der Waals surface area contributed by atoms with Crippen molar-refractivity contribution in [3.05, 3.63) is 27.8 Å². The third kappa shape index (κ3) is 4.43. The van der Waals surface area contributed by atoms with Gasteiger partial charge < -0.3 is 19.1 Å². The molecule has 2 heterocycles. The Morgan fingerprint density at radius 2 is 2.07 bits per heavy atom. The van der Waals surface area contributed by atoms with E-state index in [-0.39, 0.29) is 17.5 Å². The molecular formula is C19H26N2O6. The Hall–Kier alpha value is -2.51. The largest absolute Gasteiger partial charge is 0.487 e. The zero-order chi connectivity index (χ0) is 20.0. The second-order valence-electron chi connectivity index (χ2n) is 8.68. The van der Waals surface area contributed by atoms with Gasteiger partial charge in [0.15, 0.2) is 0 Å².